The molecule has 1 unspecified atom stereocenters. The summed E-state index contributed by atoms with van der Waals surface area (Å²) < 4.78 is 5.51. The molecule has 2 heteroatoms. The van der Waals surface area contributed by atoms with Gasteiger partial charge in [0.2, 0.25) is 0 Å². The van der Waals surface area contributed by atoms with E-state index in [1.54, 1.807) is 0 Å². The third-order valence-electron chi connectivity index (χ3n) is 3.74. The van der Waals surface area contributed by atoms with E-state index in [0.29, 0.717) is 5.41 Å². The summed E-state index contributed by atoms with van der Waals surface area (Å²) in [7, 11) is 0. The molecule has 2 nitrogen and oxygen atoms in total. The van der Waals surface area contributed by atoms with Gasteiger partial charge < -0.3 is 4.74 Å². The van der Waals surface area contributed by atoms with Gasteiger partial charge in [0.05, 0.1) is 5.92 Å². The number of carbonyl (C=O) groups excluding carboxylic acids is 1. The Balaban J connectivity index is 2.00. The predicted molar refractivity (Wildman–Crippen MR) is 59.5 cm³/mol. The molecule has 0 aliphatic heterocycles. The van der Waals surface area contributed by atoms with E-state index in [2.05, 4.69) is 0 Å². The quantitative estimate of drug-likeness (QED) is 0.621. The number of esters is 1. The van der Waals surface area contributed by atoms with Crippen molar-refractivity contribution in [1.82, 2.24) is 0 Å². The molecule has 2 fully saturated rings. The number of carbonyl (C=O) groups is 1. The lowest BCUT2D eigenvalue weighted by Gasteiger charge is -2.32. The average molecular weight is 210 g/mol. The van der Waals surface area contributed by atoms with E-state index < -0.39 is 0 Å². The van der Waals surface area contributed by atoms with Crippen molar-refractivity contribution in [1.29, 1.82) is 0 Å². The molecule has 0 saturated heterocycles. The van der Waals surface area contributed by atoms with E-state index in [-0.39, 0.29) is 17.5 Å². The molecular formula is C13H22O2. The Morgan fingerprint density at radius 1 is 1.20 bits per heavy atom. The molecular weight excluding hydrogens is 188 g/mol. The first-order chi connectivity index (χ1) is 6.93. The summed E-state index contributed by atoms with van der Waals surface area (Å²) in [5.74, 6) is 0.255. The Morgan fingerprint density at radius 3 is 2.40 bits per heavy atom. The zero-order valence-electron chi connectivity index (χ0n) is 10.1. The van der Waals surface area contributed by atoms with Gasteiger partial charge in [-0.05, 0) is 51.9 Å². The van der Waals surface area contributed by atoms with Crippen LogP contribution in [-0.2, 0) is 9.53 Å². The second kappa shape index (κ2) is 3.50. The number of ether oxygens (including phenoxy) is 1. The molecule has 0 amide bonds. The predicted octanol–water partition coefficient (Wildman–Crippen LogP) is 3.30. The summed E-state index contributed by atoms with van der Waals surface area (Å²) in [6.45, 7) is 5.86. The third kappa shape index (κ3) is 2.35. The fourth-order valence-corrected chi connectivity index (χ4v) is 2.81. The molecule has 15 heavy (non-hydrogen) atoms. The first kappa shape index (κ1) is 11.0. The minimum absolute atomic E-state index is 0.0553. The Hall–Kier alpha value is -0.530. The van der Waals surface area contributed by atoms with Gasteiger partial charge in [-0.15, -0.1) is 0 Å². The first-order valence-corrected chi connectivity index (χ1v) is 6.16. The molecule has 2 rings (SSSR count). The lowest BCUT2D eigenvalue weighted by Crippen LogP contribution is -2.35. The molecule has 86 valence electrons. The van der Waals surface area contributed by atoms with E-state index >= 15 is 0 Å². The van der Waals surface area contributed by atoms with Crippen LogP contribution in [0.25, 0.3) is 0 Å². The van der Waals surface area contributed by atoms with E-state index in [4.69, 9.17) is 4.74 Å². The van der Waals surface area contributed by atoms with Crippen LogP contribution < -0.4 is 0 Å². The molecule has 0 radical (unpaired) electrons. The zero-order valence-corrected chi connectivity index (χ0v) is 10.1. The Morgan fingerprint density at radius 2 is 1.87 bits per heavy atom. The van der Waals surface area contributed by atoms with Crippen molar-refractivity contribution in [3.05, 3.63) is 0 Å². The third-order valence-corrected chi connectivity index (χ3v) is 3.74. The smallest absolute Gasteiger partial charge is 0.310 e. The summed E-state index contributed by atoms with van der Waals surface area (Å²) in [6, 6.07) is 0. The van der Waals surface area contributed by atoms with Crippen LogP contribution in [0, 0.1) is 11.3 Å². The molecule has 0 N–H and O–H groups in total. The number of hydrogen-bond donors (Lipinski definition) is 0. The summed E-state index contributed by atoms with van der Waals surface area (Å²) in [6.07, 6.45) is 7.30. The number of hydrogen-bond acceptors (Lipinski definition) is 2. The lowest BCUT2D eigenvalue weighted by molar-refractivity contribution is -0.164. The van der Waals surface area contributed by atoms with Gasteiger partial charge in [0.15, 0.2) is 0 Å². The lowest BCUT2D eigenvalue weighted by atomic mass is 9.76. The summed E-state index contributed by atoms with van der Waals surface area (Å²) in [4.78, 5) is 12.0. The van der Waals surface area contributed by atoms with Gasteiger partial charge in [-0.2, -0.15) is 0 Å². The second-order valence-corrected chi connectivity index (χ2v) is 6.19. The van der Waals surface area contributed by atoms with Crippen molar-refractivity contribution >= 4 is 5.97 Å². The van der Waals surface area contributed by atoms with Gasteiger partial charge in [0.25, 0.3) is 0 Å². The van der Waals surface area contributed by atoms with E-state index in [9.17, 15) is 4.79 Å². The zero-order chi connectivity index (χ0) is 11.1. The largest absolute Gasteiger partial charge is 0.460 e. The molecule has 2 saturated carbocycles. The van der Waals surface area contributed by atoms with Crippen LogP contribution in [0.2, 0.25) is 0 Å². The van der Waals surface area contributed by atoms with E-state index in [0.717, 1.165) is 6.42 Å². The normalized spacial score (nSPS) is 28.9. The van der Waals surface area contributed by atoms with Crippen LogP contribution in [-0.4, -0.2) is 11.6 Å². The fourth-order valence-electron chi connectivity index (χ4n) is 2.81. The monoisotopic (exact) mass is 210 g/mol. The van der Waals surface area contributed by atoms with Crippen molar-refractivity contribution in [2.45, 2.75) is 64.9 Å². The highest BCUT2D eigenvalue weighted by molar-refractivity contribution is 5.74. The maximum Gasteiger partial charge on any atom is 0.310 e. The Kier molecular flexibility index (Phi) is 2.56. The van der Waals surface area contributed by atoms with Crippen LogP contribution in [0.4, 0.5) is 0 Å². The Labute approximate surface area is 92.4 Å². The van der Waals surface area contributed by atoms with Crippen LogP contribution in [0.3, 0.4) is 0 Å². The first-order valence-electron chi connectivity index (χ1n) is 6.16. The van der Waals surface area contributed by atoms with Crippen molar-refractivity contribution in [2.75, 3.05) is 0 Å². The van der Waals surface area contributed by atoms with Crippen molar-refractivity contribution < 1.29 is 9.53 Å². The highest BCUT2D eigenvalue weighted by atomic mass is 16.6. The highest BCUT2D eigenvalue weighted by Crippen LogP contribution is 2.59. The standard InChI is InChI=1S/C13H22O2/c1-12(2,3)15-11(14)10-6-4-5-7-13(10)8-9-13/h10H,4-9H2,1-3H3. The Bertz CT molecular complexity index is 258. The molecule has 1 atom stereocenters. The molecule has 0 aromatic heterocycles. The van der Waals surface area contributed by atoms with Gasteiger partial charge in [-0.3, -0.25) is 4.79 Å². The topological polar surface area (TPSA) is 26.3 Å². The summed E-state index contributed by atoms with van der Waals surface area (Å²) >= 11 is 0. The SMILES string of the molecule is CC(C)(C)OC(=O)C1CCCCC12CC2. The maximum atomic E-state index is 12.0. The molecule has 0 aromatic carbocycles. The van der Waals surface area contributed by atoms with Gasteiger partial charge in [0, 0.05) is 0 Å². The molecule has 0 heterocycles. The van der Waals surface area contributed by atoms with E-state index in [1.807, 2.05) is 20.8 Å². The summed E-state index contributed by atoms with van der Waals surface area (Å²) in [5, 5.41) is 0. The number of rotatable bonds is 1. The van der Waals surface area contributed by atoms with Gasteiger partial charge in [-0.25, -0.2) is 0 Å². The second-order valence-electron chi connectivity index (χ2n) is 6.19. The fraction of sp³-hybridized carbons (Fsp3) is 0.923. The van der Waals surface area contributed by atoms with Crippen LogP contribution in [0.5, 0.6) is 0 Å². The van der Waals surface area contributed by atoms with Gasteiger partial charge in [-0.1, -0.05) is 12.8 Å². The van der Waals surface area contributed by atoms with Gasteiger partial charge in [0.1, 0.15) is 5.60 Å². The maximum absolute atomic E-state index is 12.0. The molecule has 0 aromatic rings. The average Bonchev–Trinajstić information content (AvgIpc) is 2.83. The van der Waals surface area contributed by atoms with Crippen molar-refractivity contribution in [2.24, 2.45) is 11.3 Å². The van der Waals surface area contributed by atoms with Gasteiger partial charge >= 0.3 is 5.97 Å². The minimum atomic E-state index is -0.329. The molecule has 2 aliphatic rings. The molecule has 2 aliphatic carbocycles. The van der Waals surface area contributed by atoms with E-state index in [1.165, 1.54) is 32.1 Å². The highest BCUT2D eigenvalue weighted by Gasteiger charge is 2.53. The summed E-state index contributed by atoms with van der Waals surface area (Å²) in [5.41, 5.74) is 0.0329. The van der Waals surface area contributed by atoms with Crippen molar-refractivity contribution in [3.8, 4) is 0 Å². The molecule has 1 spiro atoms. The van der Waals surface area contributed by atoms with Crippen LogP contribution >= 0.6 is 0 Å². The molecule has 0 bridgehead atoms. The van der Waals surface area contributed by atoms with Crippen LogP contribution in [0.1, 0.15) is 59.3 Å². The van der Waals surface area contributed by atoms with Crippen LogP contribution in [0.15, 0.2) is 0 Å². The van der Waals surface area contributed by atoms with Crippen molar-refractivity contribution in [3.63, 3.8) is 0 Å². The minimum Gasteiger partial charge on any atom is -0.460 e.